The molecule has 0 spiro atoms. The van der Waals surface area contributed by atoms with Crippen molar-refractivity contribution in [2.75, 3.05) is 5.73 Å². The maximum Gasteiger partial charge on any atom is 0.135 e. The second kappa shape index (κ2) is 5.13. The SMILES string of the molecule is CC(C)c1nc(-c2c(F)cccc2F)c(N)n1C(C)(C)C. The summed E-state index contributed by atoms with van der Waals surface area (Å²) < 4.78 is 29.9. The van der Waals surface area contributed by atoms with Crippen LogP contribution in [0.15, 0.2) is 18.2 Å². The highest BCUT2D eigenvalue weighted by Crippen LogP contribution is 2.36. The summed E-state index contributed by atoms with van der Waals surface area (Å²) in [6, 6.07) is 3.75. The van der Waals surface area contributed by atoms with Crippen LogP contribution in [0.4, 0.5) is 14.6 Å². The molecular formula is C16H21F2N3. The van der Waals surface area contributed by atoms with Crippen LogP contribution >= 0.6 is 0 Å². The van der Waals surface area contributed by atoms with E-state index in [4.69, 9.17) is 5.73 Å². The molecule has 0 saturated carbocycles. The predicted octanol–water partition coefficient (Wildman–Crippen LogP) is 4.29. The van der Waals surface area contributed by atoms with Crippen LogP contribution in [-0.4, -0.2) is 9.55 Å². The quantitative estimate of drug-likeness (QED) is 0.897. The minimum atomic E-state index is -0.657. The molecule has 0 aliphatic carbocycles. The number of anilines is 1. The molecule has 2 aromatic rings. The van der Waals surface area contributed by atoms with Crippen molar-refractivity contribution in [2.24, 2.45) is 0 Å². The van der Waals surface area contributed by atoms with Crippen molar-refractivity contribution >= 4 is 5.82 Å². The molecule has 0 bridgehead atoms. The third kappa shape index (κ3) is 2.64. The minimum absolute atomic E-state index is 0.0927. The number of rotatable bonds is 2. The molecule has 0 radical (unpaired) electrons. The third-order valence-electron chi connectivity index (χ3n) is 3.33. The summed E-state index contributed by atoms with van der Waals surface area (Å²) in [5, 5.41) is 0. The Morgan fingerprint density at radius 1 is 1.14 bits per heavy atom. The zero-order valence-electron chi connectivity index (χ0n) is 13.0. The summed E-state index contributed by atoms with van der Waals surface area (Å²) in [5.74, 6) is -0.214. The van der Waals surface area contributed by atoms with Crippen LogP contribution in [0.5, 0.6) is 0 Å². The van der Waals surface area contributed by atoms with Gasteiger partial charge in [-0.05, 0) is 32.9 Å². The van der Waals surface area contributed by atoms with Crippen molar-refractivity contribution in [2.45, 2.75) is 46.1 Å². The molecule has 0 unspecified atom stereocenters. The normalized spacial score (nSPS) is 12.2. The first kappa shape index (κ1) is 15.5. The van der Waals surface area contributed by atoms with Crippen LogP contribution in [-0.2, 0) is 5.54 Å². The van der Waals surface area contributed by atoms with Gasteiger partial charge in [-0.15, -0.1) is 0 Å². The Balaban J connectivity index is 2.78. The van der Waals surface area contributed by atoms with E-state index in [-0.39, 0.29) is 28.5 Å². The molecular weight excluding hydrogens is 272 g/mol. The molecule has 0 amide bonds. The lowest BCUT2D eigenvalue weighted by atomic mass is 10.1. The summed E-state index contributed by atoms with van der Waals surface area (Å²) >= 11 is 0. The number of imidazole rings is 1. The van der Waals surface area contributed by atoms with Gasteiger partial charge in [-0.25, -0.2) is 13.8 Å². The van der Waals surface area contributed by atoms with Crippen LogP contribution in [0.25, 0.3) is 11.3 Å². The summed E-state index contributed by atoms with van der Waals surface area (Å²) in [5.41, 5.74) is 5.85. The maximum absolute atomic E-state index is 14.0. The van der Waals surface area contributed by atoms with E-state index < -0.39 is 11.6 Å². The van der Waals surface area contributed by atoms with Crippen molar-refractivity contribution in [3.8, 4) is 11.3 Å². The largest absolute Gasteiger partial charge is 0.383 e. The number of hydrogen-bond acceptors (Lipinski definition) is 2. The van der Waals surface area contributed by atoms with E-state index >= 15 is 0 Å². The second-order valence-electron chi connectivity index (χ2n) is 6.46. The number of nitrogen functional groups attached to an aromatic ring is 1. The molecule has 114 valence electrons. The molecule has 5 heteroatoms. The smallest absolute Gasteiger partial charge is 0.135 e. The standard InChI is InChI=1S/C16H21F2N3/c1-9(2)15-20-13(14(19)21(15)16(3,4)5)12-10(17)7-6-8-11(12)18/h6-9H,19H2,1-5H3. The fourth-order valence-corrected chi connectivity index (χ4v) is 2.45. The zero-order valence-corrected chi connectivity index (χ0v) is 13.0. The van der Waals surface area contributed by atoms with Crippen LogP contribution in [0, 0.1) is 11.6 Å². The minimum Gasteiger partial charge on any atom is -0.383 e. The Morgan fingerprint density at radius 2 is 1.67 bits per heavy atom. The monoisotopic (exact) mass is 293 g/mol. The highest BCUT2D eigenvalue weighted by molar-refractivity contribution is 5.72. The Kier molecular flexibility index (Phi) is 3.78. The van der Waals surface area contributed by atoms with Crippen molar-refractivity contribution in [1.82, 2.24) is 9.55 Å². The topological polar surface area (TPSA) is 43.8 Å². The van der Waals surface area contributed by atoms with Gasteiger partial charge in [0.15, 0.2) is 0 Å². The van der Waals surface area contributed by atoms with Crippen molar-refractivity contribution < 1.29 is 8.78 Å². The molecule has 1 aromatic heterocycles. The molecule has 0 saturated heterocycles. The van der Waals surface area contributed by atoms with E-state index in [1.54, 1.807) is 0 Å². The maximum atomic E-state index is 14.0. The summed E-state index contributed by atoms with van der Waals surface area (Å²) in [6.45, 7) is 9.91. The highest BCUT2D eigenvalue weighted by atomic mass is 19.1. The van der Waals surface area contributed by atoms with Crippen LogP contribution in [0.2, 0.25) is 0 Å². The van der Waals surface area contributed by atoms with Crippen LogP contribution < -0.4 is 5.73 Å². The fraction of sp³-hybridized carbons (Fsp3) is 0.438. The van der Waals surface area contributed by atoms with Gasteiger partial charge in [0.05, 0.1) is 5.56 Å². The summed E-state index contributed by atoms with van der Waals surface area (Å²) in [6.07, 6.45) is 0. The van der Waals surface area contributed by atoms with Crippen molar-refractivity contribution in [3.63, 3.8) is 0 Å². The average molecular weight is 293 g/mol. The van der Waals surface area contributed by atoms with E-state index in [2.05, 4.69) is 4.98 Å². The average Bonchev–Trinajstić information content (AvgIpc) is 2.67. The Labute approximate surface area is 123 Å². The van der Waals surface area contributed by atoms with Gasteiger partial charge in [-0.1, -0.05) is 19.9 Å². The first-order valence-electron chi connectivity index (χ1n) is 6.97. The van der Waals surface area contributed by atoms with Gasteiger partial charge in [0.1, 0.15) is 29.0 Å². The van der Waals surface area contributed by atoms with E-state index in [0.29, 0.717) is 0 Å². The Morgan fingerprint density at radius 3 is 2.05 bits per heavy atom. The molecule has 0 aliphatic rings. The molecule has 21 heavy (non-hydrogen) atoms. The van der Waals surface area contributed by atoms with E-state index in [0.717, 1.165) is 5.82 Å². The lowest BCUT2D eigenvalue weighted by molar-refractivity contribution is 0.382. The lowest BCUT2D eigenvalue weighted by Gasteiger charge is -2.26. The number of hydrogen-bond donors (Lipinski definition) is 1. The predicted molar refractivity (Wildman–Crippen MR) is 81.1 cm³/mol. The van der Waals surface area contributed by atoms with Gasteiger partial charge in [0, 0.05) is 11.5 Å². The molecule has 0 fully saturated rings. The fourth-order valence-electron chi connectivity index (χ4n) is 2.45. The van der Waals surface area contributed by atoms with Crippen LogP contribution in [0.1, 0.15) is 46.4 Å². The molecule has 0 aliphatic heterocycles. The van der Waals surface area contributed by atoms with E-state index in [1.807, 2.05) is 39.2 Å². The Bertz CT molecular complexity index is 647. The lowest BCUT2D eigenvalue weighted by Crippen LogP contribution is -2.26. The third-order valence-corrected chi connectivity index (χ3v) is 3.33. The van der Waals surface area contributed by atoms with Gasteiger partial charge in [0.2, 0.25) is 0 Å². The molecule has 3 nitrogen and oxygen atoms in total. The van der Waals surface area contributed by atoms with Crippen LogP contribution in [0.3, 0.4) is 0 Å². The summed E-state index contributed by atoms with van der Waals surface area (Å²) in [7, 11) is 0. The Hall–Kier alpha value is -1.91. The molecule has 2 rings (SSSR count). The van der Waals surface area contributed by atoms with E-state index in [9.17, 15) is 8.78 Å². The van der Waals surface area contributed by atoms with Gasteiger partial charge in [-0.3, -0.25) is 0 Å². The first-order chi connectivity index (χ1) is 9.64. The first-order valence-corrected chi connectivity index (χ1v) is 6.97. The molecule has 0 atom stereocenters. The number of aromatic nitrogens is 2. The summed E-state index contributed by atoms with van der Waals surface area (Å²) in [4.78, 5) is 4.43. The zero-order chi connectivity index (χ0) is 15.9. The highest BCUT2D eigenvalue weighted by Gasteiger charge is 2.28. The molecule has 2 N–H and O–H groups in total. The van der Waals surface area contributed by atoms with Gasteiger partial charge < -0.3 is 10.3 Å². The molecule has 1 aromatic carbocycles. The molecule has 1 heterocycles. The van der Waals surface area contributed by atoms with Crippen molar-refractivity contribution in [3.05, 3.63) is 35.7 Å². The van der Waals surface area contributed by atoms with Gasteiger partial charge in [-0.2, -0.15) is 0 Å². The van der Waals surface area contributed by atoms with Gasteiger partial charge >= 0.3 is 0 Å². The second-order valence-corrected chi connectivity index (χ2v) is 6.46. The van der Waals surface area contributed by atoms with Gasteiger partial charge in [0.25, 0.3) is 0 Å². The van der Waals surface area contributed by atoms with Crippen molar-refractivity contribution in [1.29, 1.82) is 0 Å². The number of halogens is 2. The number of benzene rings is 1. The number of nitrogens with zero attached hydrogens (tertiary/aromatic N) is 2. The number of nitrogens with two attached hydrogens (primary N) is 1. The van der Waals surface area contributed by atoms with E-state index in [1.165, 1.54) is 18.2 Å².